The number of carbonyl (C=O) groups is 5. The van der Waals surface area contributed by atoms with Gasteiger partial charge in [0.05, 0.1) is 34.5 Å². The van der Waals surface area contributed by atoms with Gasteiger partial charge in [-0.15, -0.1) is 34.0 Å². The second-order valence-electron chi connectivity index (χ2n) is 23.1. The molecule has 0 bridgehead atoms. The van der Waals surface area contributed by atoms with Gasteiger partial charge in [0.2, 0.25) is 16.8 Å². The first-order chi connectivity index (χ1) is 50.7. The Kier molecular flexibility index (Phi) is 35.2. The molecule has 0 saturated carbocycles. The number of benzene rings is 8. The van der Waals surface area contributed by atoms with Gasteiger partial charge in [-0.2, -0.15) is 0 Å². The van der Waals surface area contributed by atoms with Crippen LogP contribution in [0.2, 0.25) is 0 Å². The molecule has 0 aliphatic rings. The lowest BCUT2D eigenvalue weighted by atomic mass is 9.98. The summed E-state index contributed by atoms with van der Waals surface area (Å²) in [5.41, 5.74) is 13.3. The molecule has 0 spiro atoms. The third-order valence-electron chi connectivity index (χ3n) is 16.6. The Morgan fingerprint density at radius 2 is 0.667 bits per heavy atom. The number of Topliss-reactive ketones (excluding diaryl/α,β-unsaturated/α-hetero) is 1. The van der Waals surface area contributed by atoms with E-state index in [0.717, 1.165) is 103 Å². The van der Waals surface area contributed by atoms with Gasteiger partial charge in [0.25, 0.3) is 5.24 Å². The maximum absolute atomic E-state index is 13.2. The molecule has 0 unspecified atom stereocenters. The highest BCUT2D eigenvalue weighted by atomic mass is 35.8. The maximum atomic E-state index is 13.2. The van der Waals surface area contributed by atoms with E-state index in [1.807, 2.05) is 178 Å². The highest BCUT2D eigenvalue weighted by molar-refractivity contribution is 7.54. The van der Waals surface area contributed by atoms with Gasteiger partial charge in [-0.3, -0.25) is 24.0 Å². The number of rotatable bonds is 22. The predicted molar refractivity (Wildman–Crippen MR) is 449 cm³/mol. The van der Waals surface area contributed by atoms with Crippen LogP contribution in [-0.2, 0) is 51.5 Å². The number of ketones is 3. The number of nitrogens with zero attached hydrogens (tertiary/aromatic N) is 3. The van der Waals surface area contributed by atoms with Gasteiger partial charge in [0.1, 0.15) is 0 Å². The largest absolute Gasteiger partial charge is 0.643 e. The Morgan fingerprint density at radius 3 is 1.00 bits per heavy atom. The first kappa shape index (κ1) is 84.5. The summed E-state index contributed by atoms with van der Waals surface area (Å²) in [6.45, 7) is 16.6. The Morgan fingerprint density at radius 1 is 0.362 bits per heavy atom. The van der Waals surface area contributed by atoms with Crippen molar-refractivity contribution in [1.29, 1.82) is 0 Å². The number of para-hydroxylation sites is 3. The molecule has 0 fully saturated rings. The van der Waals surface area contributed by atoms with E-state index < -0.39 is 22.8 Å². The number of ether oxygens (including phenoxy) is 3. The van der Waals surface area contributed by atoms with Crippen molar-refractivity contribution >= 4 is 234 Å². The quantitative estimate of drug-likeness (QED) is 0.0284. The zero-order chi connectivity index (χ0) is 75.4. The molecule has 6 aromatic heterocycles. The van der Waals surface area contributed by atoms with Crippen LogP contribution in [0.5, 0.6) is 0 Å². The lowest BCUT2D eigenvalue weighted by molar-refractivity contribution is -0.111. The normalized spacial score (nSPS) is 10.7. The van der Waals surface area contributed by atoms with Crippen LogP contribution in [0.1, 0.15) is 93.5 Å². The zero-order valence-electron chi connectivity index (χ0n) is 58.2. The summed E-state index contributed by atoms with van der Waals surface area (Å²) in [6.07, 6.45) is 0.692. The van der Waals surface area contributed by atoms with Crippen LogP contribution in [0.4, 0.5) is 0 Å². The highest BCUT2D eigenvalue weighted by Crippen LogP contribution is 2.34. The Balaban J connectivity index is 0.000000174. The van der Waals surface area contributed by atoms with Crippen molar-refractivity contribution in [1.82, 2.24) is 13.7 Å². The van der Waals surface area contributed by atoms with Crippen molar-refractivity contribution < 1.29 is 38.2 Å². The molecule has 8 aromatic carbocycles. The van der Waals surface area contributed by atoms with Crippen LogP contribution in [0.25, 0.3) is 65.4 Å². The van der Waals surface area contributed by atoms with E-state index in [9.17, 15) is 24.0 Å². The zero-order valence-corrected chi connectivity index (χ0v) is 69.0. The number of hydrogen-bond donors (Lipinski definition) is 0. The summed E-state index contributed by atoms with van der Waals surface area (Å²) in [6, 6.07) is 70.0. The molecule has 0 N–H and O–H groups in total. The molecule has 24 heteroatoms. The second-order valence-corrected chi connectivity index (χ2v) is 39.6. The lowest BCUT2D eigenvalue weighted by Gasteiger charge is -2.08. The SMILES string of the molecule is CCOCCn1c2ccc(C(=O)Cc3ccccc3C)cc2c2cc(C(=O)c3cccs3)ccc21.CCOCCn1c2ccccc2c2cc(C(=O)c3cccs3)ccc21.CCOCCn1c2ccccc2c2ccccc21.Cc1ccccc1CC(=O)Cl.O=C(Cl)c1cccs1.[Cl][Al]([Cl])[Cl].[Cl][Al]([Cl])[Cl]. The fraction of sp³-hybridized carbons (Fsp3) is 0.198. The first-order valence-electron chi connectivity index (χ1n) is 33.6. The van der Waals surface area contributed by atoms with Crippen molar-refractivity contribution in [2.24, 2.45) is 0 Å². The Hall–Kier alpha value is -6.13. The van der Waals surface area contributed by atoms with Crippen molar-refractivity contribution in [2.45, 2.75) is 67.1 Å². The lowest BCUT2D eigenvalue weighted by Crippen LogP contribution is -2.06. The summed E-state index contributed by atoms with van der Waals surface area (Å²) in [7, 11) is 29.7. The van der Waals surface area contributed by atoms with Gasteiger partial charge < -0.3 is 27.9 Å². The molecule has 542 valence electrons. The smallest absolute Gasteiger partial charge is 0.380 e. The van der Waals surface area contributed by atoms with E-state index in [2.05, 4.69) is 86.5 Å². The van der Waals surface area contributed by atoms with Crippen LogP contribution in [0, 0.1) is 13.8 Å². The van der Waals surface area contributed by atoms with E-state index in [1.165, 1.54) is 66.7 Å². The maximum Gasteiger partial charge on any atom is 0.643 e. The van der Waals surface area contributed by atoms with Crippen LogP contribution in [-0.4, -0.2) is 104 Å². The van der Waals surface area contributed by atoms with E-state index in [1.54, 1.807) is 12.1 Å². The van der Waals surface area contributed by atoms with Crippen molar-refractivity contribution in [3.63, 3.8) is 0 Å². The van der Waals surface area contributed by atoms with Crippen LogP contribution in [0.15, 0.2) is 228 Å². The van der Waals surface area contributed by atoms with Crippen LogP contribution < -0.4 is 0 Å². The van der Waals surface area contributed by atoms with E-state index in [4.69, 9.17) is 97.7 Å². The molecule has 11 nitrogen and oxygen atoms in total. The van der Waals surface area contributed by atoms with Crippen LogP contribution >= 0.6 is 118 Å². The highest BCUT2D eigenvalue weighted by Gasteiger charge is 2.20. The molecule has 0 amide bonds. The minimum atomic E-state index is -1.72. The first-order valence-corrected chi connectivity index (χ1v) is 47.4. The standard InChI is InChI=1S/C30H27NO3S.C21H19NO2S.C16H17NO.C9H9ClO.C5H3ClOS.2Al.6ClH/c1-3-34-15-14-31-26-12-10-22(28(32)19-21-8-5-4-7-20(21)2)17-24(26)25-18-23(11-13-27(25)31)30(33)29-9-6-16-35-29;1-2-24-12-11-22-18-7-4-3-6-16(18)17-14-15(9-10-19(17)22)21(23)20-8-5-13-25-20;1-2-18-12-11-17-15-9-5-3-7-13(15)14-8-4-6-10-16(14)17;1-7-4-2-3-5-8(7)6-9(10)11;6-5(7)4-2-1-3-8-4;;;;;;;;/h4-13,16-18H,3,14-15,19H2,1-2H3;3-10,13-14H,2,11-12H2,1H3;3-10H,2,11-12H2,1H3;2-5H,6H2,1H3;1-3H;;;6*1H/q;;;;;2*+3;;;;;;/p-6. The molecule has 0 aliphatic carbocycles. The molecule has 0 radical (unpaired) electrons. The molecule has 0 aliphatic heterocycles. The third kappa shape index (κ3) is 24.4. The average molecular weight is 1650 g/mol. The number of thiophene rings is 3. The van der Waals surface area contributed by atoms with Crippen molar-refractivity contribution in [3.8, 4) is 0 Å². The third-order valence-corrected chi connectivity index (χ3v) is 19.6. The summed E-state index contributed by atoms with van der Waals surface area (Å²) in [4.78, 5) is 61.9. The molecule has 0 atom stereocenters. The van der Waals surface area contributed by atoms with Gasteiger partial charge >= 0.3 is 22.8 Å². The van der Waals surface area contributed by atoms with Gasteiger partial charge in [-0.25, -0.2) is 60.3 Å². The predicted octanol–water partition coefficient (Wildman–Crippen LogP) is 23.6. The second kappa shape index (κ2) is 43.8. The molecule has 14 rings (SSSR count). The van der Waals surface area contributed by atoms with Gasteiger partial charge in [0, 0.05) is 134 Å². The van der Waals surface area contributed by atoms with Gasteiger partial charge in [0.15, 0.2) is 5.78 Å². The van der Waals surface area contributed by atoms with Crippen molar-refractivity contribution in [2.75, 3.05) is 39.6 Å². The van der Waals surface area contributed by atoms with E-state index >= 15 is 0 Å². The minimum Gasteiger partial charge on any atom is -0.380 e. The molecule has 105 heavy (non-hydrogen) atoms. The molecule has 0 saturated heterocycles. The Bertz CT molecular complexity index is 5080. The van der Waals surface area contributed by atoms with Crippen LogP contribution in [0.3, 0.4) is 0 Å². The molecular weight excluding hydrogens is 1580 g/mol. The molecular formula is C81H75Al2Cl8N3O8S3. The summed E-state index contributed by atoms with van der Waals surface area (Å²) < 4.78 is 23.5. The van der Waals surface area contributed by atoms with E-state index in [0.29, 0.717) is 55.2 Å². The fourth-order valence-corrected chi connectivity index (χ4v) is 14.0. The molecule has 14 aromatic rings. The topological polar surface area (TPSA) is 128 Å². The fourth-order valence-electron chi connectivity index (χ4n) is 11.8. The number of aryl methyl sites for hydroxylation is 2. The number of hydrogen-bond acceptors (Lipinski definition) is 11. The number of fused-ring (bicyclic) bond motifs is 9. The minimum absolute atomic E-state index is 0.0175. The summed E-state index contributed by atoms with van der Waals surface area (Å²) in [5.74, 6) is 0.189. The summed E-state index contributed by atoms with van der Waals surface area (Å²) in [5, 5.41) is 11.9. The monoisotopic (exact) mass is 1650 g/mol. The number of aromatic nitrogens is 3. The van der Waals surface area contributed by atoms with E-state index in [-0.39, 0.29) is 27.8 Å². The molecule has 6 heterocycles. The average Bonchev–Trinajstić information content (AvgIpc) is 1.62. The number of carbonyl (C=O) groups excluding carboxylic acids is 5. The van der Waals surface area contributed by atoms with Crippen molar-refractivity contribution in [3.05, 3.63) is 282 Å². The number of halogens is 8. The Labute approximate surface area is 667 Å². The van der Waals surface area contributed by atoms with Gasteiger partial charge in [-0.05, 0) is 187 Å². The summed E-state index contributed by atoms with van der Waals surface area (Å²) >= 11 is 11.2. The van der Waals surface area contributed by atoms with Gasteiger partial charge in [-0.1, -0.05) is 121 Å².